The highest BCUT2D eigenvalue weighted by Crippen LogP contribution is 2.32. The summed E-state index contributed by atoms with van der Waals surface area (Å²) in [4.78, 5) is 30.4. The molecule has 5 rings (SSSR count). The molecule has 1 fully saturated rings. The highest BCUT2D eigenvalue weighted by molar-refractivity contribution is 7.92. The van der Waals surface area contributed by atoms with E-state index in [0.29, 0.717) is 11.4 Å². The Bertz CT molecular complexity index is 1790. The molecule has 0 radical (unpaired) electrons. The van der Waals surface area contributed by atoms with Gasteiger partial charge in [0.05, 0.1) is 24.8 Å². The molecule has 9 nitrogen and oxygen atoms in total. The predicted molar refractivity (Wildman–Crippen MR) is 191 cm³/mol. The van der Waals surface area contributed by atoms with E-state index in [1.165, 1.54) is 37.3 Å². The average Bonchev–Trinajstić information content (AvgIpc) is 3.13. The third kappa shape index (κ3) is 9.00. The molecule has 1 atom stereocenters. The smallest absolute Gasteiger partial charge is 0.264 e. The highest BCUT2D eigenvalue weighted by Gasteiger charge is 2.35. The number of carbonyl (C=O) groups is 2. The molecular formula is C39H45N3O6S. The second-order valence-corrected chi connectivity index (χ2v) is 14.3. The monoisotopic (exact) mass is 683 g/mol. The van der Waals surface area contributed by atoms with Crippen molar-refractivity contribution in [2.45, 2.75) is 69.0 Å². The molecule has 0 aliphatic heterocycles. The van der Waals surface area contributed by atoms with E-state index >= 15 is 0 Å². The first kappa shape index (κ1) is 35.5. The number of benzene rings is 4. The Labute approximate surface area is 289 Å². The summed E-state index contributed by atoms with van der Waals surface area (Å²) < 4.78 is 40.7. The molecule has 10 heteroatoms. The minimum Gasteiger partial charge on any atom is -0.493 e. The lowest BCUT2D eigenvalue weighted by Crippen LogP contribution is -2.55. The molecule has 4 aromatic rings. The lowest BCUT2D eigenvalue weighted by atomic mass is 9.94. The lowest BCUT2D eigenvalue weighted by Gasteiger charge is -2.35. The summed E-state index contributed by atoms with van der Waals surface area (Å²) in [7, 11) is -1.40. The van der Waals surface area contributed by atoms with Crippen molar-refractivity contribution in [2.75, 3.05) is 25.1 Å². The largest absolute Gasteiger partial charge is 0.493 e. The quantitative estimate of drug-likeness (QED) is 0.167. The van der Waals surface area contributed by atoms with Gasteiger partial charge in [0.2, 0.25) is 11.8 Å². The number of nitrogens with one attached hydrogen (secondary N) is 1. The molecule has 258 valence electrons. The maximum absolute atomic E-state index is 14.7. The third-order valence-electron chi connectivity index (χ3n) is 8.96. The number of ether oxygens (including phenoxy) is 2. The molecule has 1 aliphatic rings. The summed E-state index contributed by atoms with van der Waals surface area (Å²) in [6.07, 6.45) is 5.27. The number of aryl methyl sites for hydroxylation is 1. The van der Waals surface area contributed by atoms with E-state index in [4.69, 9.17) is 9.47 Å². The normalized spacial score (nSPS) is 14.0. The zero-order valence-electron chi connectivity index (χ0n) is 28.4. The first-order valence-corrected chi connectivity index (χ1v) is 18.1. The van der Waals surface area contributed by atoms with Crippen LogP contribution in [0.4, 0.5) is 5.69 Å². The van der Waals surface area contributed by atoms with E-state index in [1.807, 2.05) is 67.6 Å². The summed E-state index contributed by atoms with van der Waals surface area (Å²) in [5.74, 6) is -0.133. The molecule has 0 bridgehead atoms. The number of nitrogens with zero attached hydrogens (tertiary/aromatic N) is 2. The van der Waals surface area contributed by atoms with Gasteiger partial charge in [0, 0.05) is 25.1 Å². The molecule has 0 unspecified atom stereocenters. The van der Waals surface area contributed by atoms with Crippen molar-refractivity contribution in [2.24, 2.45) is 0 Å². The number of carbonyl (C=O) groups excluding carboxylic acids is 2. The molecule has 4 aromatic carbocycles. The Hall–Kier alpha value is -4.83. The number of methoxy groups -OCH3 is 2. The van der Waals surface area contributed by atoms with E-state index in [2.05, 4.69) is 5.32 Å². The summed E-state index contributed by atoms with van der Waals surface area (Å²) in [5, 5.41) is 3.24. The van der Waals surface area contributed by atoms with Crippen molar-refractivity contribution in [1.29, 1.82) is 0 Å². The Balaban J connectivity index is 1.56. The van der Waals surface area contributed by atoms with E-state index in [-0.39, 0.29) is 35.6 Å². The summed E-state index contributed by atoms with van der Waals surface area (Å²) in [5.41, 5.74) is 2.97. The van der Waals surface area contributed by atoms with Crippen molar-refractivity contribution in [3.63, 3.8) is 0 Å². The highest BCUT2D eigenvalue weighted by atomic mass is 32.2. The minimum absolute atomic E-state index is 0.0303. The van der Waals surface area contributed by atoms with Gasteiger partial charge in [-0.05, 0) is 55.2 Å². The lowest BCUT2D eigenvalue weighted by molar-refractivity contribution is -0.140. The third-order valence-corrected chi connectivity index (χ3v) is 10.7. The van der Waals surface area contributed by atoms with Crippen molar-refractivity contribution in [3.8, 4) is 11.5 Å². The van der Waals surface area contributed by atoms with Crippen LogP contribution in [0.25, 0.3) is 0 Å². The second-order valence-electron chi connectivity index (χ2n) is 12.4. The number of hydrogen-bond donors (Lipinski definition) is 1. The van der Waals surface area contributed by atoms with Crippen LogP contribution >= 0.6 is 0 Å². The summed E-state index contributed by atoms with van der Waals surface area (Å²) >= 11 is 0. The molecule has 1 saturated carbocycles. The number of hydrogen-bond acceptors (Lipinski definition) is 6. The number of sulfonamides is 1. The SMILES string of the molecule is COc1ccc(S(=O)(=O)N(CC(=O)N(Cc2ccccc2)[C@@H](Cc2ccccc2)C(=O)NC2CCCCC2)c2ccc(C)cc2)cc1OC. The van der Waals surface area contributed by atoms with Gasteiger partial charge in [0.1, 0.15) is 12.6 Å². The first-order valence-electron chi connectivity index (χ1n) is 16.7. The van der Waals surface area contributed by atoms with Crippen LogP contribution < -0.4 is 19.1 Å². The zero-order chi connectivity index (χ0) is 34.8. The fourth-order valence-electron chi connectivity index (χ4n) is 6.22. The average molecular weight is 684 g/mol. The van der Waals surface area contributed by atoms with Crippen molar-refractivity contribution in [3.05, 3.63) is 120 Å². The molecule has 49 heavy (non-hydrogen) atoms. The Morgan fingerprint density at radius 3 is 2.02 bits per heavy atom. The van der Waals surface area contributed by atoms with Crippen LogP contribution in [0.2, 0.25) is 0 Å². The van der Waals surface area contributed by atoms with Gasteiger partial charge in [0.25, 0.3) is 10.0 Å². The standard InChI is InChI=1S/C39H45N3O6S/c1-29-19-21-33(22-20-29)42(49(45,46)34-23-24-36(47-2)37(26-34)48-3)28-38(43)41(27-31-15-9-5-10-16-31)35(25-30-13-7-4-8-14-30)39(44)40-32-17-11-6-12-18-32/h4-5,7-10,13-16,19-24,26,32,35H,6,11-12,17-18,25,27-28H2,1-3H3,(H,40,44)/t35-/m0/s1. The van der Waals surface area contributed by atoms with Crippen molar-refractivity contribution < 1.29 is 27.5 Å². The molecular weight excluding hydrogens is 639 g/mol. The second kappa shape index (κ2) is 16.5. The van der Waals surface area contributed by atoms with Gasteiger partial charge in [-0.15, -0.1) is 0 Å². The predicted octanol–water partition coefficient (Wildman–Crippen LogP) is 6.30. The van der Waals surface area contributed by atoms with Gasteiger partial charge in [-0.25, -0.2) is 8.42 Å². The molecule has 0 aromatic heterocycles. The Kier molecular flexibility index (Phi) is 12.0. The van der Waals surface area contributed by atoms with Gasteiger partial charge in [-0.1, -0.05) is 97.6 Å². The summed E-state index contributed by atoms with van der Waals surface area (Å²) in [6, 6.07) is 29.5. The Morgan fingerprint density at radius 2 is 1.41 bits per heavy atom. The van der Waals surface area contributed by atoms with Crippen LogP contribution in [0.15, 0.2) is 108 Å². The summed E-state index contributed by atoms with van der Waals surface area (Å²) in [6.45, 7) is 1.49. The van der Waals surface area contributed by atoms with Gasteiger partial charge in [-0.2, -0.15) is 0 Å². The minimum atomic E-state index is -4.30. The van der Waals surface area contributed by atoms with Crippen LogP contribution in [0.3, 0.4) is 0 Å². The number of anilines is 1. The number of rotatable bonds is 14. The van der Waals surface area contributed by atoms with Crippen molar-refractivity contribution in [1.82, 2.24) is 10.2 Å². The van der Waals surface area contributed by atoms with Crippen LogP contribution in [-0.2, 0) is 32.6 Å². The van der Waals surface area contributed by atoms with Gasteiger partial charge in [0.15, 0.2) is 11.5 Å². The first-order chi connectivity index (χ1) is 23.7. The van der Waals surface area contributed by atoms with Crippen LogP contribution in [0.5, 0.6) is 11.5 Å². The zero-order valence-corrected chi connectivity index (χ0v) is 29.2. The van der Waals surface area contributed by atoms with Gasteiger partial charge >= 0.3 is 0 Å². The van der Waals surface area contributed by atoms with E-state index in [0.717, 1.165) is 53.1 Å². The fraction of sp³-hybridized carbons (Fsp3) is 0.333. The fourth-order valence-corrected chi connectivity index (χ4v) is 7.65. The molecule has 1 N–H and O–H groups in total. The van der Waals surface area contributed by atoms with Gasteiger partial charge < -0.3 is 19.7 Å². The van der Waals surface area contributed by atoms with E-state index in [1.54, 1.807) is 24.3 Å². The molecule has 0 spiro atoms. The maximum atomic E-state index is 14.7. The number of amides is 2. The molecule has 0 heterocycles. The molecule has 0 saturated heterocycles. The van der Waals surface area contributed by atoms with Crippen LogP contribution in [0.1, 0.15) is 48.8 Å². The van der Waals surface area contributed by atoms with E-state index < -0.39 is 28.5 Å². The molecule has 1 aliphatic carbocycles. The van der Waals surface area contributed by atoms with Crippen LogP contribution in [-0.4, -0.2) is 58.0 Å². The topological polar surface area (TPSA) is 105 Å². The van der Waals surface area contributed by atoms with Crippen molar-refractivity contribution >= 4 is 27.5 Å². The molecule has 2 amide bonds. The van der Waals surface area contributed by atoms with Gasteiger partial charge in [-0.3, -0.25) is 13.9 Å². The van der Waals surface area contributed by atoms with E-state index in [9.17, 15) is 18.0 Å². The van der Waals surface area contributed by atoms with Crippen LogP contribution in [0, 0.1) is 6.92 Å². The Morgan fingerprint density at radius 1 is 0.796 bits per heavy atom. The maximum Gasteiger partial charge on any atom is 0.264 e.